The van der Waals surface area contributed by atoms with E-state index in [0.717, 1.165) is 47.6 Å². The first-order valence-corrected chi connectivity index (χ1v) is 18.0. The molecule has 5 heterocycles. The maximum Gasteiger partial charge on any atom is 0.223 e. The number of nitrogens with zero attached hydrogens (tertiary/aromatic N) is 6. The minimum Gasteiger partial charge on any atom is -0.378 e. The zero-order valence-electron chi connectivity index (χ0n) is 26.0. The van der Waals surface area contributed by atoms with E-state index in [1.54, 1.807) is 48.2 Å². The fraction of sp³-hybridized carbons (Fsp3) is 0.235. The molecule has 0 atom stereocenters. The number of pyridine rings is 2. The van der Waals surface area contributed by atoms with Crippen LogP contribution in [0.5, 0.6) is 0 Å². The van der Waals surface area contributed by atoms with Crippen molar-refractivity contribution in [3.8, 4) is 11.3 Å². The van der Waals surface area contributed by atoms with Crippen molar-refractivity contribution in [2.45, 2.75) is 19.8 Å². The lowest BCUT2D eigenvalue weighted by molar-refractivity contribution is 0.122. The first kappa shape index (κ1) is 33.6. The number of halogens is 1. The van der Waals surface area contributed by atoms with Crippen molar-refractivity contribution in [1.82, 2.24) is 19.9 Å². The first-order valence-electron chi connectivity index (χ1n) is 15.3. The zero-order valence-corrected chi connectivity index (χ0v) is 28.4. The highest BCUT2D eigenvalue weighted by molar-refractivity contribution is 7.99. The van der Waals surface area contributed by atoms with Crippen molar-refractivity contribution < 1.29 is 17.9 Å². The van der Waals surface area contributed by atoms with Gasteiger partial charge in [0, 0.05) is 60.4 Å². The molecule has 0 aliphatic carbocycles. The molecule has 2 fully saturated rings. The van der Waals surface area contributed by atoms with Crippen LogP contribution in [-0.2, 0) is 19.3 Å². The molecule has 0 bridgehead atoms. The van der Waals surface area contributed by atoms with Crippen LogP contribution in [-0.4, -0.2) is 81.0 Å². The van der Waals surface area contributed by atoms with E-state index in [1.807, 2.05) is 30.3 Å². The summed E-state index contributed by atoms with van der Waals surface area (Å²) in [7, 11) is -3.77. The van der Waals surface area contributed by atoms with Gasteiger partial charge in [0.2, 0.25) is 15.8 Å². The van der Waals surface area contributed by atoms with Gasteiger partial charge < -0.3 is 25.0 Å². The number of ether oxygens (including phenoxy) is 2. The molecule has 0 amide bonds. The Balaban J connectivity index is 0.000000177. The molecule has 2 aliphatic rings. The van der Waals surface area contributed by atoms with Crippen molar-refractivity contribution in [3.05, 3.63) is 102 Å². The van der Waals surface area contributed by atoms with Crippen LogP contribution < -0.4 is 15.5 Å². The monoisotopic (exact) mass is 703 g/mol. The van der Waals surface area contributed by atoms with Crippen molar-refractivity contribution in [2.24, 2.45) is 0 Å². The van der Waals surface area contributed by atoms with E-state index in [-0.39, 0.29) is 15.9 Å². The van der Waals surface area contributed by atoms with Gasteiger partial charge in [0.25, 0.3) is 0 Å². The van der Waals surface area contributed by atoms with Gasteiger partial charge in [-0.2, -0.15) is 0 Å². The second kappa shape index (κ2) is 15.8. The molecule has 0 saturated carbocycles. The molecule has 0 unspecified atom stereocenters. The number of anilines is 3. The molecule has 5 aromatic rings. The summed E-state index contributed by atoms with van der Waals surface area (Å²) >= 11 is 7.78. The molecule has 248 valence electrons. The van der Waals surface area contributed by atoms with Crippen LogP contribution in [0.2, 0.25) is 5.15 Å². The standard InChI is InChI=1S/C19H19N5O3S.C15H15ClN2OS/c20-19-21-12-14(13-22-19)17-10-15(24-6-8-27-9-7-24)11-18(23-17)28(25,26)16-4-2-1-3-5-16;16-14-10-12(18-6-8-19-9-7-18)11-15(17-14)20-13-4-2-1-3-5-13/h1-5,10-13H,6-9H2,(H2,20,21,22);1-5,10-11H,6-9H2. The summed E-state index contributed by atoms with van der Waals surface area (Å²) in [5.74, 6) is 0.144. The molecule has 7 rings (SSSR count). The van der Waals surface area contributed by atoms with Gasteiger partial charge in [0.15, 0.2) is 5.03 Å². The van der Waals surface area contributed by atoms with E-state index in [1.165, 1.54) is 12.4 Å². The van der Waals surface area contributed by atoms with Crippen molar-refractivity contribution in [3.63, 3.8) is 0 Å². The Morgan fingerprint density at radius 3 is 1.90 bits per heavy atom. The van der Waals surface area contributed by atoms with Gasteiger partial charge in [-0.3, -0.25) is 0 Å². The van der Waals surface area contributed by atoms with Gasteiger partial charge >= 0.3 is 0 Å². The van der Waals surface area contributed by atoms with Crippen LogP contribution in [0.15, 0.2) is 117 Å². The summed E-state index contributed by atoms with van der Waals surface area (Å²) in [6.07, 6.45) is 3.07. The normalized spacial score (nSPS) is 15.0. The Morgan fingerprint density at radius 2 is 1.29 bits per heavy atom. The second-order valence-electron chi connectivity index (χ2n) is 10.8. The van der Waals surface area contributed by atoms with Gasteiger partial charge in [-0.15, -0.1) is 0 Å². The molecule has 2 aliphatic heterocycles. The summed E-state index contributed by atoms with van der Waals surface area (Å²) in [5.41, 5.74) is 8.51. The van der Waals surface area contributed by atoms with Gasteiger partial charge in [-0.25, -0.2) is 28.4 Å². The van der Waals surface area contributed by atoms with Crippen molar-refractivity contribution in [2.75, 3.05) is 68.1 Å². The molecule has 11 nitrogen and oxygen atoms in total. The van der Waals surface area contributed by atoms with Crippen LogP contribution in [0.3, 0.4) is 0 Å². The highest BCUT2D eigenvalue weighted by Crippen LogP contribution is 2.31. The SMILES string of the molecule is Clc1cc(N2CCOCC2)cc(Sc2ccccc2)n1.Nc1ncc(-c2cc(N3CCOCC3)cc(S(=O)(=O)c3ccccc3)n2)cn1. The lowest BCUT2D eigenvalue weighted by Crippen LogP contribution is -2.36. The fourth-order valence-corrected chi connectivity index (χ4v) is 7.46. The number of hydrogen-bond donors (Lipinski definition) is 1. The molecule has 2 aromatic carbocycles. The van der Waals surface area contributed by atoms with Crippen molar-refractivity contribution >= 4 is 50.5 Å². The van der Waals surface area contributed by atoms with Crippen LogP contribution in [0.1, 0.15) is 0 Å². The number of nitrogens with two attached hydrogens (primary N) is 1. The minimum atomic E-state index is -3.77. The Kier molecular flexibility index (Phi) is 11.0. The third-order valence-corrected chi connectivity index (χ3v) is 10.3. The third kappa shape index (κ3) is 8.60. The topological polar surface area (TPSA) is 137 Å². The van der Waals surface area contributed by atoms with Gasteiger partial charge in [-0.1, -0.05) is 59.8 Å². The van der Waals surface area contributed by atoms with Crippen molar-refractivity contribution in [1.29, 1.82) is 0 Å². The van der Waals surface area contributed by atoms with Crippen LogP contribution >= 0.6 is 23.4 Å². The number of sulfone groups is 1. The molecular weight excluding hydrogens is 670 g/mol. The molecular formula is C34H34ClN7O4S2. The third-order valence-electron chi connectivity index (χ3n) is 7.56. The summed E-state index contributed by atoms with van der Waals surface area (Å²) < 4.78 is 37.1. The predicted molar refractivity (Wildman–Crippen MR) is 187 cm³/mol. The van der Waals surface area contributed by atoms with E-state index >= 15 is 0 Å². The molecule has 48 heavy (non-hydrogen) atoms. The fourth-order valence-electron chi connectivity index (χ4n) is 5.10. The van der Waals surface area contributed by atoms with Gasteiger partial charge in [-0.05, 0) is 48.5 Å². The molecule has 0 radical (unpaired) electrons. The number of benzene rings is 2. The predicted octanol–water partition coefficient (Wildman–Crippen LogP) is 5.51. The average Bonchev–Trinajstić information content (AvgIpc) is 3.13. The minimum absolute atomic E-state index is 0.0190. The maximum absolute atomic E-state index is 13.1. The second-order valence-corrected chi connectivity index (χ2v) is 14.2. The summed E-state index contributed by atoms with van der Waals surface area (Å²) in [6.45, 7) is 5.85. The summed E-state index contributed by atoms with van der Waals surface area (Å²) in [5, 5.41) is 1.44. The highest BCUT2D eigenvalue weighted by atomic mass is 35.5. The largest absolute Gasteiger partial charge is 0.378 e. The molecule has 2 saturated heterocycles. The lowest BCUT2D eigenvalue weighted by Gasteiger charge is -2.29. The average molecular weight is 704 g/mol. The number of morpholine rings is 2. The number of nitrogen functional groups attached to an aromatic ring is 1. The Hall–Kier alpha value is -4.27. The quantitative estimate of drug-likeness (QED) is 0.214. The Morgan fingerprint density at radius 1 is 0.729 bits per heavy atom. The van der Waals surface area contributed by atoms with Gasteiger partial charge in [0.05, 0.1) is 37.0 Å². The number of hydrogen-bond acceptors (Lipinski definition) is 12. The number of rotatable bonds is 7. The number of aromatic nitrogens is 4. The smallest absolute Gasteiger partial charge is 0.223 e. The van der Waals surface area contributed by atoms with E-state index in [4.69, 9.17) is 26.8 Å². The summed E-state index contributed by atoms with van der Waals surface area (Å²) in [4.78, 5) is 22.5. The zero-order chi connectivity index (χ0) is 33.3. The van der Waals surface area contributed by atoms with Crippen LogP contribution in [0.25, 0.3) is 11.3 Å². The van der Waals surface area contributed by atoms with Crippen LogP contribution in [0, 0.1) is 0 Å². The van der Waals surface area contributed by atoms with E-state index in [2.05, 4.69) is 47.9 Å². The van der Waals surface area contributed by atoms with E-state index in [0.29, 0.717) is 42.7 Å². The molecule has 3 aromatic heterocycles. The first-order chi connectivity index (χ1) is 23.3. The Bertz CT molecular complexity index is 1910. The van der Waals surface area contributed by atoms with E-state index in [9.17, 15) is 8.42 Å². The lowest BCUT2D eigenvalue weighted by atomic mass is 10.2. The molecule has 0 spiro atoms. The highest BCUT2D eigenvalue weighted by Gasteiger charge is 2.23. The van der Waals surface area contributed by atoms with E-state index < -0.39 is 9.84 Å². The van der Waals surface area contributed by atoms with Crippen LogP contribution in [0.4, 0.5) is 17.3 Å². The maximum atomic E-state index is 13.1. The summed E-state index contributed by atoms with van der Waals surface area (Å²) in [6, 6.07) is 25.9. The Labute approximate surface area is 289 Å². The molecule has 14 heteroatoms. The molecule has 2 N–H and O–H groups in total. The van der Waals surface area contributed by atoms with Gasteiger partial charge in [0.1, 0.15) is 10.2 Å².